The summed E-state index contributed by atoms with van der Waals surface area (Å²) >= 11 is 0. The monoisotopic (exact) mass is 323 g/mol. The molecule has 1 fully saturated rings. The van der Waals surface area contributed by atoms with E-state index < -0.39 is 0 Å². The van der Waals surface area contributed by atoms with Gasteiger partial charge in [0.2, 0.25) is 5.91 Å². The van der Waals surface area contributed by atoms with Crippen molar-refractivity contribution in [3.05, 3.63) is 59.8 Å². The maximum Gasteiger partial charge on any atom is 0.257 e. The van der Waals surface area contributed by atoms with Crippen LogP contribution in [0.3, 0.4) is 0 Å². The van der Waals surface area contributed by atoms with E-state index in [0.29, 0.717) is 31.2 Å². The molecule has 6 heteroatoms. The van der Waals surface area contributed by atoms with Crippen LogP contribution in [0.1, 0.15) is 29.5 Å². The Labute approximate surface area is 139 Å². The average molecular weight is 323 g/mol. The van der Waals surface area contributed by atoms with Crippen LogP contribution in [0.5, 0.6) is 0 Å². The molecule has 1 atom stereocenters. The highest BCUT2D eigenvalue weighted by molar-refractivity contribution is 5.79. The molecule has 0 radical (unpaired) electrons. The van der Waals surface area contributed by atoms with Crippen LogP contribution in [-0.2, 0) is 11.3 Å². The lowest BCUT2D eigenvalue weighted by Gasteiger charge is -2.13. The van der Waals surface area contributed by atoms with E-state index in [-0.39, 0.29) is 11.8 Å². The molecular formula is C18H17N3O3. The lowest BCUT2D eigenvalue weighted by molar-refractivity contribution is -0.128. The maximum absolute atomic E-state index is 12.2. The van der Waals surface area contributed by atoms with Gasteiger partial charge in [-0.2, -0.15) is 4.98 Å². The van der Waals surface area contributed by atoms with Gasteiger partial charge in [-0.05, 0) is 31.2 Å². The van der Waals surface area contributed by atoms with E-state index in [0.717, 1.165) is 11.3 Å². The standard InChI is InChI=1S/C18H17N3O3/c1-12-4-6-13(7-5-12)18-19-17(20-24-18)14-9-16(22)21(10-14)11-15-3-2-8-23-15/h2-8,14H,9-11H2,1H3. The molecule has 1 unspecified atom stereocenters. The number of hydrogen-bond donors (Lipinski definition) is 0. The first kappa shape index (κ1) is 14.7. The molecule has 1 saturated heterocycles. The lowest BCUT2D eigenvalue weighted by atomic mass is 10.1. The van der Waals surface area contributed by atoms with Crippen molar-refractivity contribution in [3.63, 3.8) is 0 Å². The predicted molar refractivity (Wildman–Crippen MR) is 86.0 cm³/mol. The summed E-state index contributed by atoms with van der Waals surface area (Å²) < 4.78 is 10.7. The summed E-state index contributed by atoms with van der Waals surface area (Å²) in [6.45, 7) is 3.08. The highest BCUT2D eigenvalue weighted by atomic mass is 16.5. The van der Waals surface area contributed by atoms with E-state index in [9.17, 15) is 4.79 Å². The summed E-state index contributed by atoms with van der Waals surface area (Å²) in [5.74, 6) is 1.88. The Balaban J connectivity index is 1.49. The average Bonchev–Trinajstić information content (AvgIpc) is 3.31. The quantitative estimate of drug-likeness (QED) is 0.737. The van der Waals surface area contributed by atoms with Crippen molar-refractivity contribution in [2.24, 2.45) is 0 Å². The molecular weight excluding hydrogens is 306 g/mol. The number of likely N-dealkylation sites (tertiary alicyclic amines) is 1. The van der Waals surface area contributed by atoms with Gasteiger partial charge in [-0.3, -0.25) is 4.79 Å². The van der Waals surface area contributed by atoms with Crippen LogP contribution in [0.15, 0.2) is 51.6 Å². The molecule has 1 amide bonds. The van der Waals surface area contributed by atoms with Crippen LogP contribution in [-0.4, -0.2) is 27.5 Å². The van der Waals surface area contributed by atoms with Gasteiger partial charge < -0.3 is 13.8 Å². The smallest absolute Gasteiger partial charge is 0.257 e. The number of aromatic nitrogens is 2. The summed E-state index contributed by atoms with van der Waals surface area (Å²) in [6, 6.07) is 11.6. The van der Waals surface area contributed by atoms with Gasteiger partial charge in [-0.15, -0.1) is 0 Å². The zero-order chi connectivity index (χ0) is 16.5. The molecule has 1 aliphatic heterocycles. The number of rotatable bonds is 4. The van der Waals surface area contributed by atoms with Gasteiger partial charge in [0.05, 0.1) is 12.8 Å². The first-order valence-electron chi connectivity index (χ1n) is 7.90. The summed E-state index contributed by atoms with van der Waals surface area (Å²) in [7, 11) is 0. The van der Waals surface area contributed by atoms with Crippen molar-refractivity contribution in [1.29, 1.82) is 0 Å². The van der Waals surface area contributed by atoms with E-state index in [4.69, 9.17) is 8.94 Å². The third-order valence-electron chi connectivity index (χ3n) is 4.25. The fourth-order valence-corrected chi connectivity index (χ4v) is 2.90. The topological polar surface area (TPSA) is 72.4 Å². The molecule has 1 aromatic carbocycles. The van der Waals surface area contributed by atoms with Crippen LogP contribution in [0, 0.1) is 6.92 Å². The van der Waals surface area contributed by atoms with Crippen molar-refractivity contribution >= 4 is 5.91 Å². The van der Waals surface area contributed by atoms with Crippen molar-refractivity contribution < 1.29 is 13.7 Å². The Hall–Kier alpha value is -2.89. The van der Waals surface area contributed by atoms with Crippen LogP contribution in [0.2, 0.25) is 0 Å². The zero-order valence-corrected chi connectivity index (χ0v) is 13.3. The minimum absolute atomic E-state index is 0.0459. The lowest BCUT2D eigenvalue weighted by Crippen LogP contribution is -2.24. The third-order valence-corrected chi connectivity index (χ3v) is 4.25. The Morgan fingerprint density at radius 2 is 2.08 bits per heavy atom. The molecule has 0 N–H and O–H groups in total. The number of benzene rings is 1. The van der Waals surface area contributed by atoms with Crippen LogP contribution >= 0.6 is 0 Å². The number of nitrogens with zero attached hydrogens (tertiary/aromatic N) is 3. The minimum Gasteiger partial charge on any atom is -0.467 e. The van der Waals surface area contributed by atoms with Crippen molar-refractivity contribution in [1.82, 2.24) is 15.0 Å². The SMILES string of the molecule is Cc1ccc(-c2nc(C3CC(=O)N(Cc4ccco4)C3)no2)cc1. The minimum atomic E-state index is -0.0459. The molecule has 6 nitrogen and oxygen atoms in total. The van der Waals surface area contributed by atoms with Gasteiger partial charge in [0, 0.05) is 24.4 Å². The Morgan fingerprint density at radius 3 is 2.83 bits per heavy atom. The largest absolute Gasteiger partial charge is 0.467 e. The van der Waals surface area contributed by atoms with E-state index in [2.05, 4.69) is 10.1 Å². The zero-order valence-electron chi connectivity index (χ0n) is 13.3. The second-order valence-corrected chi connectivity index (χ2v) is 6.08. The second-order valence-electron chi connectivity index (χ2n) is 6.08. The molecule has 24 heavy (non-hydrogen) atoms. The van der Waals surface area contributed by atoms with Gasteiger partial charge in [0.25, 0.3) is 5.89 Å². The van der Waals surface area contributed by atoms with Gasteiger partial charge in [0.1, 0.15) is 5.76 Å². The van der Waals surface area contributed by atoms with Crippen molar-refractivity contribution in [2.75, 3.05) is 6.54 Å². The number of amides is 1. The van der Waals surface area contributed by atoms with Gasteiger partial charge in [-0.1, -0.05) is 22.9 Å². The van der Waals surface area contributed by atoms with E-state index in [1.807, 2.05) is 43.3 Å². The van der Waals surface area contributed by atoms with E-state index in [1.54, 1.807) is 11.2 Å². The molecule has 122 valence electrons. The summed E-state index contributed by atoms with van der Waals surface area (Å²) in [4.78, 5) is 18.4. The molecule has 3 heterocycles. The molecule has 3 aromatic rings. The van der Waals surface area contributed by atoms with E-state index in [1.165, 1.54) is 5.56 Å². The highest BCUT2D eigenvalue weighted by Gasteiger charge is 2.34. The molecule has 0 bridgehead atoms. The number of aryl methyl sites for hydroxylation is 1. The fourth-order valence-electron chi connectivity index (χ4n) is 2.90. The first-order valence-corrected chi connectivity index (χ1v) is 7.90. The maximum atomic E-state index is 12.2. The highest BCUT2D eigenvalue weighted by Crippen LogP contribution is 2.29. The summed E-state index contributed by atoms with van der Waals surface area (Å²) in [6.07, 6.45) is 2.01. The fraction of sp³-hybridized carbons (Fsp3) is 0.278. The molecule has 0 spiro atoms. The first-order chi connectivity index (χ1) is 11.7. The summed E-state index contributed by atoms with van der Waals surface area (Å²) in [5, 5.41) is 4.07. The normalized spacial score (nSPS) is 17.6. The van der Waals surface area contributed by atoms with Crippen LogP contribution in [0.25, 0.3) is 11.5 Å². The van der Waals surface area contributed by atoms with Crippen LogP contribution in [0.4, 0.5) is 0 Å². The molecule has 0 aliphatic carbocycles. The summed E-state index contributed by atoms with van der Waals surface area (Å²) in [5.41, 5.74) is 2.06. The molecule has 0 saturated carbocycles. The number of carbonyl (C=O) groups is 1. The van der Waals surface area contributed by atoms with Gasteiger partial charge in [0.15, 0.2) is 5.82 Å². The van der Waals surface area contributed by atoms with Crippen molar-refractivity contribution in [3.8, 4) is 11.5 Å². The second kappa shape index (κ2) is 5.96. The van der Waals surface area contributed by atoms with Gasteiger partial charge in [-0.25, -0.2) is 0 Å². The predicted octanol–water partition coefficient (Wildman–Crippen LogP) is 3.15. The number of carbonyl (C=O) groups excluding carboxylic acids is 1. The Kier molecular flexibility index (Phi) is 3.65. The Bertz CT molecular complexity index is 837. The van der Waals surface area contributed by atoms with E-state index >= 15 is 0 Å². The number of hydrogen-bond acceptors (Lipinski definition) is 5. The Morgan fingerprint density at radius 1 is 1.25 bits per heavy atom. The van der Waals surface area contributed by atoms with Crippen LogP contribution < -0.4 is 0 Å². The van der Waals surface area contributed by atoms with Crippen molar-refractivity contribution in [2.45, 2.75) is 25.8 Å². The third kappa shape index (κ3) is 2.82. The molecule has 2 aromatic heterocycles. The number of furan rings is 1. The molecule has 1 aliphatic rings. The molecule has 4 rings (SSSR count). The van der Waals surface area contributed by atoms with Gasteiger partial charge >= 0.3 is 0 Å².